The van der Waals surface area contributed by atoms with Gasteiger partial charge in [0.2, 0.25) is 0 Å². The molecule has 4 saturated carbocycles. The predicted molar refractivity (Wildman–Crippen MR) is 102 cm³/mol. The number of hydrogen-bond donors (Lipinski definition) is 1. The van der Waals surface area contributed by atoms with Gasteiger partial charge in [0.25, 0.3) is 5.69 Å². The molecule has 6 heteroatoms. The number of nitro groups is 1. The summed E-state index contributed by atoms with van der Waals surface area (Å²) in [6.45, 7) is 0.958. The Hall–Kier alpha value is -2.37. The van der Waals surface area contributed by atoms with Gasteiger partial charge in [-0.1, -0.05) is 0 Å². The van der Waals surface area contributed by atoms with Crippen LogP contribution in [0.3, 0.4) is 0 Å². The molecule has 1 aromatic heterocycles. The van der Waals surface area contributed by atoms with Gasteiger partial charge in [0.1, 0.15) is 5.82 Å². The van der Waals surface area contributed by atoms with Gasteiger partial charge in [-0.2, -0.15) is 5.10 Å². The second-order valence-electron chi connectivity index (χ2n) is 9.24. The van der Waals surface area contributed by atoms with Crippen LogP contribution < -0.4 is 5.32 Å². The van der Waals surface area contributed by atoms with E-state index in [1.54, 1.807) is 12.1 Å². The van der Waals surface area contributed by atoms with Crippen molar-refractivity contribution in [2.45, 2.75) is 50.4 Å². The van der Waals surface area contributed by atoms with E-state index in [1.165, 1.54) is 49.8 Å². The van der Waals surface area contributed by atoms with Gasteiger partial charge < -0.3 is 5.32 Å². The molecule has 4 aliphatic carbocycles. The SMILES string of the molecule is O=[N+]([O-])c1ccc(-n2nc(C34CC5CC(CC(C5)C3)C4)c3c2NCC3)cc1. The fourth-order valence-electron chi connectivity index (χ4n) is 6.90. The fraction of sp³-hybridized carbons (Fsp3) is 0.571. The molecule has 4 fully saturated rings. The Morgan fingerprint density at radius 3 is 2.30 bits per heavy atom. The van der Waals surface area contributed by atoms with Crippen molar-refractivity contribution in [2.75, 3.05) is 11.9 Å². The molecule has 0 amide bonds. The van der Waals surface area contributed by atoms with Crippen LogP contribution in [-0.2, 0) is 11.8 Å². The van der Waals surface area contributed by atoms with Crippen LogP contribution in [0, 0.1) is 27.9 Å². The minimum absolute atomic E-state index is 0.122. The summed E-state index contributed by atoms with van der Waals surface area (Å²) in [4.78, 5) is 10.6. The molecule has 1 aliphatic heterocycles. The molecular formula is C21H24N4O2. The molecule has 1 N–H and O–H groups in total. The van der Waals surface area contributed by atoms with Crippen molar-refractivity contribution in [3.05, 3.63) is 45.6 Å². The summed E-state index contributed by atoms with van der Waals surface area (Å²) in [6, 6.07) is 6.77. The van der Waals surface area contributed by atoms with E-state index in [0.717, 1.165) is 42.2 Å². The molecule has 7 rings (SSSR count). The van der Waals surface area contributed by atoms with Crippen molar-refractivity contribution in [2.24, 2.45) is 17.8 Å². The van der Waals surface area contributed by atoms with E-state index in [0.29, 0.717) is 0 Å². The van der Waals surface area contributed by atoms with Gasteiger partial charge in [0.15, 0.2) is 0 Å². The lowest BCUT2D eigenvalue weighted by Crippen LogP contribution is -2.49. The van der Waals surface area contributed by atoms with E-state index in [4.69, 9.17) is 5.10 Å². The van der Waals surface area contributed by atoms with Gasteiger partial charge in [-0.15, -0.1) is 0 Å². The Kier molecular flexibility index (Phi) is 3.09. The van der Waals surface area contributed by atoms with Crippen molar-refractivity contribution in [1.82, 2.24) is 9.78 Å². The first-order valence-electron chi connectivity index (χ1n) is 10.2. The smallest absolute Gasteiger partial charge is 0.269 e. The maximum Gasteiger partial charge on any atom is 0.269 e. The van der Waals surface area contributed by atoms with Gasteiger partial charge in [-0.05, 0) is 74.8 Å². The van der Waals surface area contributed by atoms with E-state index < -0.39 is 0 Å². The molecule has 0 unspecified atom stereocenters. The van der Waals surface area contributed by atoms with Gasteiger partial charge in [-0.25, -0.2) is 4.68 Å². The largest absolute Gasteiger partial charge is 0.369 e. The number of nitrogens with zero attached hydrogens (tertiary/aromatic N) is 3. The van der Waals surface area contributed by atoms with Crippen molar-refractivity contribution < 1.29 is 4.92 Å². The highest BCUT2D eigenvalue weighted by Gasteiger charge is 2.54. The van der Waals surface area contributed by atoms with E-state index in [2.05, 4.69) is 5.32 Å². The quantitative estimate of drug-likeness (QED) is 0.654. The molecule has 0 saturated heterocycles. The lowest BCUT2D eigenvalue weighted by atomic mass is 9.48. The summed E-state index contributed by atoms with van der Waals surface area (Å²) in [5, 5.41) is 19.6. The Balaban J connectivity index is 1.45. The molecule has 4 bridgehead atoms. The number of hydrogen-bond acceptors (Lipinski definition) is 4. The number of fused-ring (bicyclic) bond motifs is 1. The molecule has 140 valence electrons. The zero-order valence-electron chi connectivity index (χ0n) is 15.4. The van der Waals surface area contributed by atoms with Gasteiger partial charge in [-0.3, -0.25) is 10.1 Å². The van der Waals surface area contributed by atoms with Crippen LogP contribution in [0.2, 0.25) is 0 Å². The molecule has 2 aromatic rings. The number of aromatic nitrogens is 2. The summed E-state index contributed by atoms with van der Waals surface area (Å²) in [6.07, 6.45) is 9.27. The number of nitro benzene ring substituents is 1. The van der Waals surface area contributed by atoms with Gasteiger partial charge in [0, 0.05) is 29.7 Å². The number of rotatable bonds is 3. The zero-order chi connectivity index (χ0) is 18.2. The third kappa shape index (κ3) is 2.22. The van der Waals surface area contributed by atoms with Gasteiger partial charge in [0.05, 0.1) is 16.3 Å². The van der Waals surface area contributed by atoms with Crippen molar-refractivity contribution in [1.29, 1.82) is 0 Å². The number of nitrogens with one attached hydrogen (secondary N) is 1. The van der Waals surface area contributed by atoms with Crippen molar-refractivity contribution in [3.63, 3.8) is 0 Å². The lowest BCUT2D eigenvalue weighted by Gasteiger charge is -2.56. The first-order chi connectivity index (χ1) is 13.1. The van der Waals surface area contributed by atoms with Crippen LogP contribution >= 0.6 is 0 Å². The number of non-ortho nitro benzene ring substituents is 1. The predicted octanol–water partition coefficient (Wildman–Crippen LogP) is 4.22. The lowest BCUT2D eigenvalue weighted by molar-refractivity contribution is -0.384. The monoisotopic (exact) mass is 364 g/mol. The topological polar surface area (TPSA) is 73.0 Å². The minimum atomic E-state index is -0.351. The van der Waals surface area contributed by atoms with Crippen LogP contribution in [0.15, 0.2) is 24.3 Å². The Morgan fingerprint density at radius 1 is 1.07 bits per heavy atom. The second-order valence-corrected chi connectivity index (χ2v) is 9.24. The number of anilines is 1. The Bertz CT molecular complexity index is 895. The van der Waals surface area contributed by atoms with Crippen LogP contribution in [-0.4, -0.2) is 21.2 Å². The molecule has 27 heavy (non-hydrogen) atoms. The van der Waals surface area contributed by atoms with Crippen LogP contribution in [0.1, 0.15) is 49.8 Å². The van der Waals surface area contributed by atoms with E-state index in [1.807, 2.05) is 16.8 Å². The third-order valence-electron chi connectivity index (χ3n) is 7.50. The molecular weight excluding hydrogens is 340 g/mol. The molecule has 0 spiro atoms. The van der Waals surface area contributed by atoms with Crippen molar-refractivity contribution >= 4 is 11.5 Å². The highest BCUT2D eigenvalue weighted by Crippen LogP contribution is 2.61. The van der Waals surface area contributed by atoms with Crippen LogP contribution in [0.4, 0.5) is 11.5 Å². The van der Waals surface area contributed by atoms with Crippen LogP contribution in [0.25, 0.3) is 5.69 Å². The number of benzene rings is 1. The van der Waals surface area contributed by atoms with Crippen molar-refractivity contribution in [3.8, 4) is 5.69 Å². The minimum Gasteiger partial charge on any atom is -0.369 e. The molecule has 0 radical (unpaired) electrons. The highest BCUT2D eigenvalue weighted by molar-refractivity contribution is 5.59. The average Bonchev–Trinajstić information content (AvgIpc) is 3.23. The first-order valence-corrected chi connectivity index (χ1v) is 10.2. The van der Waals surface area contributed by atoms with E-state index in [9.17, 15) is 10.1 Å². The van der Waals surface area contributed by atoms with E-state index >= 15 is 0 Å². The van der Waals surface area contributed by atoms with E-state index in [-0.39, 0.29) is 16.0 Å². The summed E-state index contributed by atoms with van der Waals surface area (Å²) in [7, 11) is 0. The first kappa shape index (κ1) is 15.7. The maximum absolute atomic E-state index is 11.0. The molecule has 0 atom stereocenters. The normalized spacial score (nSPS) is 33.1. The summed E-state index contributed by atoms with van der Waals surface area (Å²) >= 11 is 0. The molecule has 6 nitrogen and oxygen atoms in total. The maximum atomic E-state index is 11.0. The fourth-order valence-corrected chi connectivity index (χ4v) is 6.90. The zero-order valence-corrected chi connectivity index (χ0v) is 15.4. The Morgan fingerprint density at radius 2 is 1.70 bits per heavy atom. The highest BCUT2D eigenvalue weighted by atomic mass is 16.6. The molecule has 1 aromatic carbocycles. The molecule has 5 aliphatic rings. The summed E-state index contributed by atoms with van der Waals surface area (Å²) in [5.41, 5.74) is 4.03. The summed E-state index contributed by atoms with van der Waals surface area (Å²) < 4.78 is 2.00. The molecule has 2 heterocycles. The summed E-state index contributed by atoms with van der Waals surface area (Å²) in [5.74, 6) is 3.79. The second kappa shape index (κ2) is 5.33. The third-order valence-corrected chi connectivity index (χ3v) is 7.50. The van der Waals surface area contributed by atoms with Crippen LogP contribution in [0.5, 0.6) is 0 Å². The average molecular weight is 364 g/mol. The Labute approximate surface area is 158 Å². The van der Waals surface area contributed by atoms with Gasteiger partial charge >= 0.3 is 0 Å². The standard InChI is InChI=1S/C21H24N4O2/c26-25(27)17-3-1-16(2-4-17)24-20-18(5-6-22-20)19(23-24)21-10-13-7-14(11-21)9-15(8-13)12-21/h1-4,13-15,22H,5-12H2.